The minimum absolute atomic E-state index is 0. The van der Waals surface area contributed by atoms with Gasteiger partial charge in [0.2, 0.25) is 0 Å². The summed E-state index contributed by atoms with van der Waals surface area (Å²) < 4.78 is 11.3. The molecule has 2 aliphatic heterocycles. The predicted molar refractivity (Wildman–Crippen MR) is 104 cm³/mol. The van der Waals surface area contributed by atoms with Crippen molar-refractivity contribution < 1.29 is 14.3 Å². The van der Waals surface area contributed by atoms with E-state index in [0.717, 1.165) is 44.2 Å². The predicted octanol–water partition coefficient (Wildman–Crippen LogP) is 1.57. The van der Waals surface area contributed by atoms with Crippen LogP contribution in [0.15, 0.2) is 24.3 Å². The summed E-state index contributed by atoms with van der Waals surface area (Å²) in [5.41, 5.74) is 1.11. The molecule has 2 saturated heterocycles. The van der Waals surface area contributed by atoms with E-state index in [0.29, 0.717) is 19.8 Å². The number of amides is 1. The number of rotatable bonds is 4. The zero-order valence-electron chi connectivity index (χ0n) is 14.5. The lowest BCUT2D eigenvalue weighted by molar-refractivity contribution is -0.145. The number of para-hydroxylation sites is 2. The molecule has 2 heterocycles. The van der Waals surface area contributed by atoms with Crippen LogP contribution in [0.1, 0.15) is 6.92 Å². The molecular formula is C17H27Cl2N3O3. The molecule has 0 radical (unpaired) electrons. The van der Waals surface area contributed by atoms with Gasteiger partial charge in [0, 0.05) is 39.3 Å². The average molecular weight is 392 g/mol. The summed E-state index contributed by atoms with van der Waals surface area (Å²) in [5.74, 6) is 1.02. The molecule has 2 fully saturated rings. The molecular weight excluding hydrogens is 365 g/mol. The van der Waals surface area contributed by atoms with Gasteiger partial charge >= 0.3 is 0 Å². The Bertz CT molecular complexity index is 534. The number of piperazine rings is 1. The summed E-state index contributed by atoms with van der Waals surface area (Å²) in [6.07, 6.45) is -0.328. The van der Waals surface area contributed by atoms with Gasteiger partial charge in [-0.25, -0.2) is 0 Å². The first kappa shape index (κ1) is 21.8. The molecule has 1 amide bonds. The first-order chi connectivity index (χ1) is 11.3. The number of benzene rings is 1. The van der Waals surface area contributed by atoms with Crippen LogP contribution in [0.2, 0.25) is 0 Å². The highest BCUT2D eigenvalue weighted by Crippen LogP contribution is 2.28. The van der Waals surface area contributed by atoms with Crippen molar-refractivity contribution in [2.45, 2.75) is 13.0 Å². The molecule has 25 heavy (non-hydrogen) atoms. The number of morpholine rings is 1. The van der Waals surface area contributed by atoms with Gasteiger partial charge < -0.3 is 24.6 Å². The molecule has 142 valence electrons. The van der Waals surface area contributed by atoms with E-state index in [1.54, 1.807) is 0 Å². The molecule has 8 heteroatoms. The lowest BCUT2D eigenvalue weighted by Crippen LogP contribution is -2.55. The largest absolute Gasteiger partial charge is 0.492 e. The van der Waals surface area contributed by atoms with Crippen LogP contribution in [-0.4, -0.2) is 69.4 Å². The van der Waals surface area contributed by atoms with Crippen LogP contribution in [0.5, 0.6) is 5.75 Å². The Labute approximate surface area is 161 Å². The van der Waals surface area contributed by atoms with Crippen molar-refractivity contribution in [2.75, 3.05) is 57.4 Å². The van der Waals surface area contributed by atoms with Crippen LogP contribution in [0.4, 0.5) is 5.69 Å². The molecule has 1 aromatic carbocycles. The summed E-state index contributed by atoms with van der Waals surface area (Å²) in [6, 6.07) is 8.09. The number of anilines is 1. The van der Waals surface area contributed by atoms with E-state index >= 15 is 0 Å². The van der Waals surface area contributed by atoms with Crippen LogP contribution in [-0.2, 0) is 9.53 Å². The van der Waals surface area contributed by atoms with E-state index in [4.69, 9.17) is 9.47 Å². The highest BCUT2D eigenvalue weighted by atomic mass is 35.5. The monoisotopic (exact) mass is 391 g/mol. The Morgan fingerprint density at radius 1 is 1.24 bits per heavy atom. The van der Waals surface area contributed by atoms with Gasteiger partial charge in [-0.15, -0.1) is 24.8 Å². The summed E-state index contributed by atoms with van der Waals surface area (Å²) >= 11 is 0. The van der Waals surface area contributed by atoms with Crippen LogP contribution in [0.3, 0.4) is 0 Å². The van der Waals surface area contributed by atoms with Gasteiger partial charge in [-0.2, -0.15) is 0 Å². The van der Waals surface area contributed by atoms with Crippen LogP contribution >= 0.6 is 24.8 Å². The number of carbonyl (C=O) groups is 1. The maximum absolute atomic E-state index is 12.5. The zero-order valence-corrected chi connectivity index (χ0v) is 16.1. The van der Waals surface area contributed by atoms with Crippen molar-refractivity contribution in [1.29, 1.82) is 0 Å². The molecule has 1 unspecified atom stereocenters. The van der Waals surface area contributed by atoms with Gasteiger partial charge in [0.1, 0.15) is 11.9 Å². The van der Waals surface area contributed by atoms with Crippen molar-refractivity contribution in [3.8, 4) is 5.75 Å². The van der Waals surface area contributed by atoms with Crippen molar-refractivity contribution in [3.05, 3.63) is 24.3 Å². The first-order valence-corrected chi connectivity index (χ1v) is 8.37. The minimum atomic E-state index is -0.328. The number of nitrogens with zero attached hydrogens (tertiary/aromatic N) is 2. The fraction of sp³-hybridized carbons (Fsp3) is 0.588. The topological polar surface area (TPSA) is 54.0 Å². The number of carbonyl (C=O) groups excluding carboxylic acids is 1. The van der Waals surface area contributed by atoms with Crippen molar-refractivity contribution >= 4 is 36.4 Å². The minimum Gasteiger partial charge on any atom is -0.492 e. The standard InChI is InChI=1S/C17H25N3O3.2ClH/c1-2-22-15-6-4-3-5-14(15)19-8-10-20(11-9-19)17(21)16-13-18-7-12-23-16;;/h3-6,16,18H,2,7-13H2,1H3;2*1H. The fourth-order valence-electron chi connectivity index (χ4n) is 3.09. The third-order valence-electron chi connectivity index (χ3n) is 4.30. The molecule has 1 aromatic rings. The van der Waals surface area contributed by atoms with E-state index in [2.05, 4.69) is 16.3 Å². The van der Waals surface area contributed by atoms with E-state index in [1.165, 1.54) is 0 Å². The highest BCUT2D eigenvalue weighted by molar-refractivity contribution is 5.85. The van der Waals surface area contributed by atoms with Gasteiger partial charge in [0.25, 0.3) is 5.91 Å². The lowest BCUT2D eigenvalue weighted by Gasteiger charge is -2.38. The Hall–Kier alpha value is -1.21. The maximum Gasteiger partial charge on any atom is 0.253 e. The quantitative estimate of drug-likeness (QED) is 0.843. The molecule has 6 nitrogen and oxygen atoms in total. The van der Waals surface area contributed by atoms with Crippen molar-refractivity contribution in [2.24, 2.45) is 0 Å². The first-order valence-electron chi connectivity index (χ1n) is 8.37. The van der Waals surface area contributed by atoms with Gasteiger partial charge in [0.05, 0.1) is 18.9 Å². The number of hydrogen-bond acceptors (Lipinski definition) is 5. The molecule has 2 aliphatic rings. The second-order valence-electron chi connectivity index (χ2n) is 5.78. The molecule has 0 aromatic heterocycles. The van der Waals surface area contributed by atoms with Gasteiger partial charge in [-0.05, 0) is 19.1 Å². The van der Waals surface area contributed by atoms with Gasteiger partial charge in [-0.1, -0.05) is 12.1 Å². The lowest BCUT2D eigenvalue weighted by atomic mass is 10.2. The molecule has 0 spiro atoms. The number of ether oxygens (including phenoxy) is 2. The highest BCUT2D eigenvalue weighted by Gasteiger charge is 2.29. The van der Waals surface area contributed by atoms with E-state index in [1.807, 2.05) is 30.0 Å². The van der Waals surface area contributed by atoms with Crippen LogP contribution in [0.25, 0.3) is 0 Å². The average Bonchev–Trinajstić information content (AvgIpc) is 2.63. The van der Waals surface area contributed by atoms with Crippen LogP contribution in [0, 0.1) is 0 Å². The summed E-state index contributed by atoms with van der Waals surface area (Å²) in [4.78, 5) is 16.7. The Kier molecular flexibility index (Phi) is 9.35. The molecule has 1 N–H and O–H groups in total. The summed E-state index contributed by atoms with van der Waals surface area (Å²) in [5, 5.41) is 3.21. The van der Waals surface area contributed by atoms with Gasteiger partial charge in [-0.3, -0.25) is 4.79 Å². The van der Waals surface area contributed by atoms with Crippen molar-refractivity contribution in [3.63, 3.8) is 0 Å². The summed E-state index contributed by atoms with van der Waals surface area (Å²) in [6.45, 7) is 7.77. The third kappa shape index (κ3) is 5.38. The maximum atomic E-state index is 12.5. The number of nitrogens with one attached hydrogen (secondary N) is 1. The van der Waals surface area contributed by atoms with E-state index < -0.39 is 0 Å². The molecule has 0 aliphatic carbocycles. The Balaban J connectivity index is 0.00000156. The molecule has 0 saturated carbocycles. The Morgan fingerprint density at radius 2 is 1.96 bits per heavy atom. The fourth-order valence-corrected chi connectivity index (χ4v) is 3.09. The number of hydrogen-bond donors (Lipinski definition) is 1. The summed E-state index contributed by atoms with van der Waals surface area (Å²) in [7, 11) is 0. The molecule has 1 atom stereocenters. The second kappa shape index (κ2) is 10.7. The van der Waals surface area contributed by atoms with E-state index in [9.17, 15) is 4.79 Å². The Morgan fingerprint density at radius 3 is 2.60 bits per heavy atom. The molecule has 0 bridgehead atoms. The second-order valence-corrected chi connectivity index (χ2v) is 5.78. The third-order valence-corrected chi connectivity index (χ3v) is 4.30. The SMILES string of the molecule is CCOc1ccccc1N1CCN(C(=O)C2CNCCO2)CC1.Cl.Cl. The number of halogens is 2. The normalized spacial score (nSPS) is 20.3. The molecule has 3 rings (SSSR count). The van der Waals surface area contributed by atoms with Crippen LogP contribution < -0.4 is 15.0 Å². The van der Waals surface area contributed by atoms with Crippen molar-refractivity contribution in [1.82, 2.24) is 10.2 Å². The van der Waals surface area contributed by atoms with Gasteiger partial charge in [0.15, 0.2) is 0 Å². The van der Waals surface area contributed by atoms with E-state index in [-0.39, 0.29) is 36.8 Å². The zero-order chi connectivity index (χ0) is 16.1. The smallest absolute Gasteiger partial charge is 0.253 e.